The third kappa shape index (κ3) is 1.90. The van der Waals surface area contributed by atoms with Gasteiger partial charge in [-0.05, 0) is 12.8 Å². The first-order valence-corrected chi connectivity index (χ1v) is 5.37. The van der Waals surface area contributed by atoms with Crippen LogP contribution in [0.15, 0.2) is 0 Å². The molecule has 1 aliphatic carbocycles. The fourth-order valence-corrected chi connectivity index (χ4v) is 3.32. The monoisotopic (exact) mass is 304 g/mol. The van der Waals surface area contributed by atoms with Gasteiger partial charge in [0.2, 0.25) is 0 Å². The molecule has 0 aliphatic heterocycles. The van der Waals surface area contributed by atoms with Gasteiger partial charge < -0.3 is 5.11 Å². The van der Waals surface area contributed by atoms with Crippen molar-refractivity contribution in [2.45, 2.75) is 27.4 Å². The van der Waals surface area contributed by atoms with E-state index >= 15 is 0 Å². The van der Waals surface area contributed by atoms with Crippen LogP contribution >= 0.6 is 43.5 Å². The van der Waals surface area contributed by atoms with Crippen LogP contribution in [0.3, 0.4) is 0 Å². The van der Waals surface area contributed by atoms with Gasteiger partial charge in [0.1, 0.15) is 4.87 Å². The lowest BCUT2D eigenvalue weighted by molar-refractivity contribution is -0.140. The number of carbonyl (C=O) groups is 1. The highest BCUT2D eigenvalue weighted by atomic mass is 79.9. The summed E-state index contributed by atoms with van der Waals surface area (Å²) in [7, 11) is 0. The number of alkyl halides is 3. The Morgan fingerprint density at radius 2 is 1.82 bits per heavy atom. The molecule has 1 rings (SSSR count). The highest BCUT2D eigenvalue weighted by Crippen LogP contribution is 2.43. The molecule has 0 heterocycles. The van der Waals surface area contributed by atoms with E-state index in [2.05, 4.69) is 31.9 Å². The van der Waals surface area contributed by atoms with Crippen LogP contribution in [-0.2, 0) is 4.79 Å². The summed E-state index contributed by atoms with van der Waals surface area (Å²) in [4.78, 5) is 9.90. The van der Waals surface area contributed by atoms with E-state index in [9.17, 15) is 4.79 Å². The van der Waals surface area contributed by atoms with Crippen molar-refractivity contribution in [1.29, 1.82) is 0 Å². The highest BCUT2D eigenvalue weighted by molar-refractivity contribution is 9.12. The first-order chi connectivity index (χ1) is 4.96. The summed E-state index contributed by atoms with van der Waals surface area (Å²) < 4.78 is 0. The van der Waals surface area contributed by atoms with Gasteiger partial charge in [0.25, 0.3) is 0 Å². The van der Waals surface area contributed by atoms with Crippen LogP contribution in [0.2, 0.25) is 0 Å². The van der Waals surface area contributed by atoms with Crippen LogP contribution in [-0.4, -0.2) is 25.6 Å². The quantitative estimate of drug-likeness (QED) is 0.755. The molecule has 0 saturated heterocycles. The molecule has 0 spiro atoms. The first-order valence-electron chi connectivity index (χ1n) is 3.16. The molecule has 1 N–H and O–H groups in total. The van der Waals surface area contributed by atoms with Crippen molar-refractivity contribution >= 4 is 49.4 Å². The van der Waals surface area contributed by atoms with Gasteiger partial charge in [0, 0.05) is 9.65 Å². The molecule has 1 fully saturated rings. The average molecular weight is 306 g/mol. The lowest BCUT2D eigenvalue weighted by Gasteiger charge is -2.13. The molecule has 1 saturated carbocycles. The largest absolute Gasteiger partial charge is 0.480 e. The van der Waals surface area contributed by atoms with Crippen LogP contribution in [0.5, 0.6) is 0 Å². The van der Waals surface area contributed by atoms with Crippen LogP contribution in [0.25, 0.3) is 0 Å². The predicted molar refractivity (Wildman–Crippen MR) is 50.9 cm³/mol. The van der Waals surface area contributed by atoms with Crippen molar-refractivity contribution in [3.63, 3.8) is 0 Å². The van der Waals surface area contributed by atoms with Gasteiger partial charge in [-0.2, -0.15) is 0 Å². The number of hydrogen-bond acceptors (Lipinski definition) is 1. The molecule has 1 aliphatic rings. The molecule has 11 heavy (non-hydrogen) atoms. The van der Waals surface area contributed by atoms with E-state index in [4.69, 9.17) is 16.7 Å². The van der Waals surface area contributed by atoms with Crippen molar-refractivity contribution in [2.24, 2.45) is 0 Å². The second-order valence-electron chi connectivity index (χ2n) is 2.71. The second-order valence-corrected chi connectivity index (χ2v) is 5.79. The van der Waals surface area contributed by atoms with E-state index in [1.165, 1.54) is 0 Å². The van der Waals surface area contributed by atoms with Gasteiger partial charge in [0.05, 0.1) is 0 Å². The van der Waals surface area contributed by atoms with Gasteiger partial charge in [0.15, 0.2) is 0 Å². The van der Waals surface area contributed by atoms with E-state index in [-0.39, 0.29) is 9.65 Å². The standard InChI is InChI=1S/C6H7Br2ClO2/c7-3-1-6(9,5(10)11)2-4(3)8/h3-4H,1-2H2,(H,10,11). The zero-order chi connectivity index (χ0) is 8.65. The molecule has 2 nitrogen and oxygen atoms in total. The number of hydrogen-bond donors (Lipinski definition) is 1. The fourth-order valence-electron chi connectivity index (χ4n) is 1.13. The minimum Gasteiger partial charge on any atom is -0.480 e. The van der Waals surface area contributed by atoms with Crippen LogP contribution < -0.4 is 0 Å². The zero-order valence-corrected chi connectivity index (χ0v) is 9.49. The molecule has 5 heteroatoms. The van der Waals surface area contributed by atoms with E-state index in [0.29, 0.717) is 12.8 Å². The average Bonchev–Trinajstić information content (AvgIpc) is 2.09. The second kappa shape index (κ2) is 3.23. The first kappa shape index (κ1) is 9.81. The summed E-state index contributed by atoms with van der Waals surface area (Å²) in [5, 5.41) is 8.73. The van der Waals surface area contributed by atoms with Gasteiger partial charge in [-0.3, -0.25) is 4.79 Å². The van der Waals surface area contributed by atoms with Crippen molar-refractivity contribution < 1.29 is 9.90 Å². The summed E-state index contributed by atoms with van der Waals surface area (Å²) >= 11 is 12.5. The van der Waals surface area contributed by atoms with Gasteiger partial charge in [-0.1, -0.05) is 31.9 Å². The minimum absolute atomic E-state index is 0.163. The maximum Gasteiger partial charge on any atom is 0.324 e. The van der Waals surface area contributed by atoms with Gasteiger partial charge in [-0.15, -0.1) is 11.6 Å². The maximum absolute atomic E-state index is 10.6. The number of carboxylic acid groups (broad SMARTS) is 1. The van der Waals surface area contributed by atoms with Crippen molar-refractivity contribution in [3.8, 4) is 0 Å². The molecule has 0 bridgehead atoms. The molecule has 0 amide bonds. The zero-order valence-electron chi connectivity index (χ0n) is 5.56. The third-order valence-electron chi connectivity index (χ3n) is 1.81. The number of aliphatic carboxylic acids is 1. The Kier molecular flexibility index (Phi) is 2.88. The minimum atomic E-state index is -1.07. The van der Waals surface area contributed by atoms with Gasteiger partial charge >= 0.3 is 5.97 Å². The SMILES string of the molecule is O=C(O)C1(Cl)CC(Br)C(Br)C1. The lowest BCUT2D eigenvalue weighted by Crippen LogP contribution is -2.29. The summed E-state index contributed by atoms with van der Waals surface area (Å²) in [6, 6.07) is 0. The Labute approximate surface area is 86.6 Å². The molecule has 0 aromatic carbocycles. The molecular weight excluding hydrogens is 299 g/mol. The van der Waals surface area contributed by atoms with Crippen molar-refractivity contribution in [1.82, 2.24) is 0 Å². The van der Waals surface area contributed by atoms with E-state index < -0.39 is 10.8 Å². The normalized spacial score (nSPS) is 44.3. The van der Waals surface area contributed by atoms with E-state index in [1.54, 1.807) is 0 Å². The van der Waals surface area contributed by atoms with Crippen molar-refractivity contribution in [2.75, 3.05) is 0 Å². The number of rotatable bonds is 1. The fraction of sp³-hybridized carbons (Fsp3) is 0.833. The third-order valence-corrected chi connectivity index (χ3v) is 4.92. The number of halogens is 3. The summed E-state index contributed by atoms with van der Waals surface area (Å²) in [5.41, 5.74) is 0. The molecule has 2 atom stereocenters. The maximum atomic E-state index is 10.6. The molecule has 2 unspecified atom stereocenters. The van der Waals surface area contributed by atoms with Crippen LogP contribution in [0.4, 0.5) is 0 Å². The summed E-state index contributed by atoms with van der Waals surface area (Å²) in [5.74, 6) is -0.925. The van der Waals surface area contributed by atoms with Crippen molar-refractivity contribution in [3.05, 3.63) is 0 Å². The molecule has 0 aromatic heterocycles. The summed E-state index contributed by atoms with van der Waals surface area (Å²) in [6.07, 6.45) is 0.944. The number of carboxylic acids is 1. The Morgan fingerprint density at radius 3 is 2.00 bits per heavy atom. The van der Waals surface area contributed by atoms with E-state index in [0.717, 1.165) is 0 Å². The molecular formula is C6H7Br2ClO2. The highest BCUT2D eigenvalue weighted by Gasteiger charge is 2.47. The Balaban J connectivity index is 2.71. The Hall–Kier alpha value is 0.720. The topological polar surface area (TPSA) is 37.3 Å². The smallest absolute Gasteiger partial charge is 0.324 e. The predicted octanol–water partition coefficient (Wildman–Crippen LogP) is 2.37. The Morgan fingerprint density at radius 1 is 1.45 bits per heavy atom. The van der Waals surface area contributed by atoms with Crippen LogP contribution in [0.1, 0.15) is 12.8 Å². The lowest BCUT2D eigenvalue weighted by atomic mass is 10.1. The Bertz CT molecular complexity index is 175. The van der Waals surface area contributed by atoms with Crippen LogP contribution in [0, 0.1) is 0 Å². The summed E-state index contributed by atoms with van der Waals surface area (Å²) in [6.45, 7) is 0. The molecule has 0 radical (unpaired) electrons. The van der Waals surface area contributed by atoms with E-state index in [1.807, 2.05) is 0 Å². The molecule has 64 valence electrons. The van der Waals surface area contributed by atoms with Gasteiger partial charge in [-0.25, -0.2) is 0 Å². The molecule has 0 aromatic rings.